The first-order valence-electron chi connectivity index (χ1n) is 6.40. The molecule has 0 rings (SSSR count). The van der Waals surface area contributed by atoms with E-state index in [1.165, 1.54) is 0 Å². The minimum absolute atomic E-state index is 0.871. The summed E-state index contributed by atoms with van der Waals surface area (Å²) >= 11 is 0. The highest BCUT2D eigenvalue weighted by Crippen LogP contribution is 2.01. The van der Waals surface area contributed by atoms with Gasteiger partial charge in [-0.05, 0) is 12.0 Å². The second-order valence-corrected chi connectivity index (χ2v) is 1.67. The minimum Gasteiger partial charge on any atom is -0.106 e. The molecule has 0 nitrogen and oxygen atoms in total. The number of allylic oxidation sites excluding steroid dienone is 5. The lowest BCUT2D eigenvalue weighted by molar-refractivity contribution is 1.30. The van der Waals surface area contributed by atoms with Gasteiger partial charge in [-0.15, -0.1) is 19.7 Å². The van der Waals surface area contributed by atoms with E-state index in [0.717, 1.165) is 12.0 Å². The first-order chi connectivity index (χ1) is 8.35. The van der Waals surface area contributed by atoms with E-state index in [9.17, 15) is 0 Å². The van der Waals surface area contributed by atoms with Crippen LogP contribution >= 0.6 is 0 Å². The van der Waals surface area contributed by atoms with Crippen molar-refractivity contribution in [2.75, 3.05) is 0 Å². The van der Waals surface area contributed by atoms with Crippen LogP contribution in [0.5, 0.6) is 0 Å². The van der Waals surface area contributed by atoms with E-state index in [1.54, 1.807) is 6.08 Å². The van der Waals surface area contributed by atoms with Crippen molar-refractivity contribution in [2.24, 2.45) is 0 Å². The molecule has 0 aromatic heterocycles. The maximum atomic E-state index is 3.63. The molecule has 0 heteroatoms. The van der Waals surface area contributed by atoms with Crippen molar-refractivity contribution in [3.63, 3.8) is 0 Å². The van der Waals surface area contributed by atoms with Crippen molar-refractivity contribution in [1.29, 1.82) is 0 Å². The third kappa shape index (κ3) is 52.8. The molecule has 0 saturated heterocycles. The zero-order chi connectivity index (χ0) is 15.1. The fraction of sp³-hybridized carbons (Fsp3) is 0.412. The highest BCUT2D eigenvalue weighted by molar-refractivity contribution is 5.22. The van der Waals surface area contributed by atoms with E-state index in [2.05, 4.69) is 32.9 Å². The van der Waals surface area contributed by atoms with E-state index in [1.807, 2.05) is 59.8 Å². The molecule has 0 radical (unpaired) electrons. The van der Waals surface area contributed by atoms with Crippen LogP contribution in [0.2, 0.25) is 0 Å². The Morgan fingerprint density at radius 2 is 1.18 bits per heavy atom. The largest absolute Gasteiger partial charge is 0.106 e. The molecule has 0 aliphatic rings. The molecular weight excluding hydrogens is 204 g/mol. The third-order valence-electron chi connectivity index (χ3n) is 0.974. The minimum atomic E-state index is 0.871. The fourth-order valence-corrected chi connectivity index (χ4v) is 0.537. The summed E-state index contributed by atoms with van der Waals surface area (Å²) in [5.74, 6) is 0. The van der Waals surface area contributed by atoms with Crippen molar-refractivity contribution in [1.82, 2.24) is 0 Å². The molecule has 0 spiro atoms. The van der Waals surface area contributed by atoms with Crippen LogP contribution in [0.3, 0.4) is 0 Å². The molecule has 0 N–H and O–H groups in total. The smallest absolute Gasteiger partial charge is 0.0100 e. The van der Waals surface area contributed by atoms with Crippen molar-refractivity contribution < 1.29 is 0 Å². The Kier molecular flexibility index (Phi) is 107. The summed E-state index contributed by atoms with van der Waals surface area (Å²) in [5.41, 5.74) is 1.15. The van der Waals surface area contributed by atoms with E-state index in [-0.39, 0.29) is 0 Å². The van der Waals surface area contributed by atoms with Gasteiger partial charge >= 0.3 is 0 Å². The van der Waals surface area contributed by atoms with E-state index in [4.69, 9.17) is 0 Å². The van der Waals surface area contributed by atoms with E-state index in [0.29, 0.717) is 0 Å². The second kappa shape index (κ2) is 61.5. The molecule has 0 aliphatic heterocycles. The van der Waals surface area contributed by atoms with Crippen LogP contribution in [0.15, 0.2) is 62.8 Å². The molecule has 0 bridgehead atoms. The lowest BCUT2D eigenvalue weighted by Gasteiger charge is -1.90. The lowest BCUT2D eigenvalue weighted by atomic mass is 10.2. The summed E-state index contributed by atoms with van der Waals surface area (Å²) in [6.07, 6.45) is 8.20. The van der Waals surface area contributed by atoms with Gasteiger partial charge in [0.25, 0.3) is 0 Å². The maximum Gasteiger partial charge on any atom is -0.0100 e. The van der Waals surface area contributed by atoms with Crippen LogP contribution < -0.4 is 0 Å². The summed E-state index contributed by atoms with van der Waals surface area (Å²) < 4.78 is 0. The van der Waals surface area contributed by atoms with Gasteiger partial charge in [-0.2, -0.15) is 0 Å². The Bertz CT molecular complexity index is 149. The Morgan fingerprint density at radius 3 is 1.35 bits per heavy atom. The number of rotatable bonds is 4. The van der Waals surface area contributed by atoms with Crippen molar-refractivity contribution in [2.45, 2.75) is 48.0 Å². The maximum absolute atomic E-state index is 3.63. The highest BCUT2D eigenvalue weighted by Gasteiger charge is 1.81. The summed E-state index contributed by atoms with van der Waals surface area (Å²) in [6, 6.07) is 0. The zero-order valence-corrected chi connectivity index (χ0v) is 13.1. The molecule has 0 amide bonds. The Hall–Kier alpha value is -1.30. The monoisotopic (exact) mass is 238 g/mol. The van der Waals surface area contributed by atoms with Crippen LogP contribution in [0, 0.1) is 0 Å². The standard InChI is InChI=1S/C9H12.3C2H6.C2H4/c1-4-7-9(6-3)8-5-2;4*1-2/h4-7H,1-3,8H2;3*1-2H3;1-2H2/b9-7-;;;;. The normalized spacial score (nSPS) is 6.82. The third-order valence-corrected chi connectivity index (χ3v) is 0.974. The number of hydrogen-bond acceptors (Lipinski definition) is 0. The molecule has 0 saturated carbocycles. The topological polar surface area (TPSA) is 0 Å². The fourth-order valence-electron chi connectivity index (χ4n) is 0.537. The molecule has 0 heterocycles. The molecule has 0 fully saturated rings. The van der Waals surface area contributed by atoms with Gasteiger partial charge in [0.05, 0.1) is 0 Å². The summed E-state index contributed by atoms with van der Waals surface area (Å²) in [5, 5.41) is 0. The Balaban J connectivity index is -0.0000000507. The summed E-state index contributed by atoms with van der Waals surface area (Å²) in [4.78, 5) is 0. The van der Waals surface area contributed by atoms with Crippen LogP contribution in [0.25, 0.3) is 0 Å². The van der Waals surface area contributed by atoms with Gasteiger partial charge < -0.3 is 0 Å². The number of hydrogen-bond donors (Lipinski definition) is 0. The molecule has 102 valence electrons. The average molecular weight is 238 g/mol. The molecule has 0 aliphatic carbocycles. The van der Waals surface area contributed by atoms with Gasteiger partial charge in [0.2, 0.25) is 0 Å². The summed E-state index contributed by atoms with van der Waals surface area (Å²) in [6.45, 7) is 28.8. The lowest BCUT2D eigenvalue weighted by Crippen LogP contribution is -1.70. The second-order valence-electron chi connectivity index (χ2n) is 1.67. The highest BCUT2D eigenvalue weighted by atomic mass is 13.9. The molecule has 0 aromatic carbocycles. The van der Waals surface area contributed by atoms with Gasteiger partial charge in [0.1, 0.15) is 0 Å². The van der Waals surface area contributed by atoms with Crippen molar-refractivity contribution in [3.8, 4) is 0 Å². The predicted molar refractivity (Wildman–Crippen MR) is 88.6 cm³/mol. The van der Waals surface area contributed by atoms with Gasteiger partial charge in [-0.25, -0.2) is 0 Å². The summed E-state index contributed by atoms with van der Waals surface area (Å²) in [7, 11) is 0. The molecule has 0 unspecified atom stereocenters. The van der Waals surface area contributed by atoms with Crippen LogP contribution in [0.4, 0.5) is 0 Å². The van der Waals surface area contributed by atoms with Crippen LogP contribution in [0.1, 0.15) is 48.0 Å². The van der Waals surface area contributed by atoms with Gasteiger partial charge in [-0.3, -0.25) is 0 Å². The average Bonchev–Trinajstić information content (AvgIpc) is 2.47. The molecular formula is C17H34. The first kappa shape index (κ1) is 29.6. The van der Waals surface area contributed by atoms with E-state index >= 15 is 0 Å². The molecule has 0 atom stereocenters. The van der Waals surface area contributed by atoms with Crippen molar-refractivity contribution in [3.05, 3.63) is 62.8 Å². The van der Waals surface area contributed by atoms with Gasteiger partial charge in [0.15, 0.2) is 0 Å². The first-order valence-corrected chi connectivity index (χ1v) is 6.40. The quantitative estimate of drug-likeness (QED) is 0.376. The van der Waals surface area contributed by atoms with Gasteiger partial charge in [-0.1, -0.05) is 79.0 Å². The zero-order valence-electron chi connectivity index (χ0n) is 13.1. The molecule has 0 aromatic rings. The van der Waals surface area contributed by atoms with Crippen LogP contribution in [-0.4, -0.2) is 0 Å². The molecule has 17 heavy (non-hydrogen) atoms. The Morgan fingerprint density at radius 1 is 0.824 bits per heavy atom. The predicted octanol–water partition coefficient (Wildman–Crippen LogP) is 6.74. The van der Waals surface area contributed by atoms with Crippen LogP contribution in [-0.2, 0) is 0 Å². The SMILES string of the molecule is C=C.C=C/C=C(/C=C)CC=C.CC.CC.CC. The Labute approximate surface area is 111 Å². The van der Waals surface area contributed by atoms with Crippen molar-refractivity contribution >= 4 is 0 Å². The van der Waals surface area contributed by atoms with Gasteiger partial charge in [0, 0.05) is 0 Å². The van der Waals surface area contributed by atoms with E-state index < -0.39 is 0 Å².